The molecule has 0 aliphatic carbocycles. The number of nitrogens with zero attached hydrogens (tertiary/aromatic N) is 1. The molecule has 0 bridgehead atoms. The van der Waals surface area contributed by atoms with E-state index < -0.39 is 22.1 Å². The van der Waals surface area contributed by atoms with Crippen LogP contribution in [0.3, 0.4) is 0 Å². The van der Waals surface area contributed by atoms with Gasteiger partial charge in [0.05, 0.1) is 27.7 Å². The Morgan fingerprint density at radius 1 is 0.644 bits per heavy atom. The molecule has 1 aromatic heterocycles. The fourth-order valence-corrected chi connectivity index (χ4v) is 7.65. The molecule has 59 heavy (non-hydrogen) atoms. The van der Waals surface area contributed by atoms with Gasteiger partial charge in [0.1, 0.15) is 31.3 Å². The van der Waals surface area contributed by atoms with Crippen LogP contribution in [0.25, 0.3) is 34.0 Å². The van der Waals surface area contributed by atoms with Crippen molar-refractivity contribution in [2.75, 3.05) is 5.75 Å². The van der Waals surface area contributed by atoms with Crippen molar-refractivity contribution in [3.63, 3.8) is 0 Å². The summed E-state index contributed by atoms with van der Waals surface area (Å²) >= 11 is 0. The van der Waals surface area contributed by atoms with Crippen LogP contribution in [0, 0.1) is 13.8 Å². The minimum absolute atomic E-state index is 0.138. The number of fused-ring (bicyclic) bond motifs is 2. The molecule has 1 heterocycles. The van der Waals surface area contributed by atoms with Gasteiger partial charge in [-0.05, 0) is 90.0 Å². The average molecular weight is 807 g/mol. The monoisotopic (exact) mass is 806 g/mol. The number of esters is 2. The third-order valence-electron chi connectivity index (χ3n) is 9.98. The van der Waals surface area contributed by atoms with Crippen molar-refractivity contribution in [1.29, 1.82) is 0 Å². The van der Waals surface area contributed by atoms with Gasteiger partial charge in [0.15, 0.2) is 0 Å². The summed E-state index contributed by atoms with van der Waals surface area (Å²) in [7, 11) is -4.11. The summed E-state index contributed by atoms with van der Waals surface area (Å²) in [5.41, 5.74) is 7.26. The van der Waals surface area contributed by atoms with Crippen molar-refractivity contribution >= 4 is 56.0 Å². The van der Waals surface area contributed by atoms with Crippen molar-refractivity contribution in [2.24, 2.45) is 0 Å². The second-order valence-electron chi connectivity index (χ2n) is 14.4. The van der Waals surface area contributed by atoms with E-state index in [4.69, 9.17) is 14.2 Å². The summed E-state index contributed by atoms with van der Waals surface area (Å²) in [6.07, 6.45) is 4.71. The standard InChI is InChI=1S/C49H43NO8S/c1-34-29-40(48(51)57-33-39-15-7-4-8-16-39)30-35(2)47(34)58-49(52)46-42-17-9-10-18-44(42)50(27-11-12-28-59(53,54)55)45-31-37(23-26-43(45)46)20-19-36-21-24-41(25-22-36)56-32-38-13-5-3-6-14-38/h3-10,13-26,29-31H,11-12,27-28,32-33H2,1-2H3/p+1. The van der Waals surface area contributed by atoms with E-state index in [0.29, 0.717) is 58.3 Å². The molecule has 9 nitrogen and oxygen atoms in total. The molecular weight excluding hydrogens is 763 g/mol. The Hall–Kier alpha value is -6.62. The van der Waals surface area contributed by atoms with Crippen molar-refractivity contribution in [1.82, 2.24) is 0 Å². The number of para-hydroxylation sites is 1. The van der Waals surface area contributed by atoms with Gasteiger partial charge >= 0.3 is 11.9 Å². The minimum atomic E-state index is -4.11. The first-order valence-corrected chi connectivity index (χ1v) is 21.0. The van der Waals surface area contributed by atoms with Crippen LogP contribution in [-0.2, 0) is 34.6 Å². The number of benzene rings is 6. The molecule has 7 aromatic rings. The summed E-state index contributed by atoms with van der Waals surface area (Å²) in [4.78, 5) is 27.4. The fraction of sp³-hybridized carbons (Fsp3) is 0.163. The molecule has 0 saturated heterocycles. The molecule has 0 aliphatic heterocycles. The van der Waals surface area contributed by atoms with Crippen LogP contribution < -0.4 is 14.0 Å². The molecule has 0 saturated carbocycles. The van der Waals surface area contributed by atoms with Gasteiger partial charge < -0.3 is 14.2 Å². The molecule has 0 amide bonds. The maximum Gasteiger partial charge on any atom is 0.345 e. The molecule has 0 fully saturated rings. The van der Waals surface area contributed by atoms with Gasteiger partial charge in [-0.2, -0.15) is 13.0 Å². The number of carbonyl (C=O) groups is 2. The maximum absolute atomic E-state index is 14.4. The van der Waals surface area contributed by atoms with Crippen LogP contribution in [-0.4, -0.2) is 30.7 Å². The highest BCUT2D eigenvalue weighted by Gasteiger charge is 2.27. The first-order valence-electron chi connectivity index (χ1n) is 19.4. The molecule has 298 valence electrons. The Kier molecular flexibility index (Phi) is 12.6. The Morgan fingerprint density at radius 3 is 1.92 bits per heavy atom. The Balaban J connectivity index is 1.19. The number of aryl methyl sites for hydroxylation is 3. The van der Waals surface area contributed by atoms with E-state index in [-0.39, 0.29) is 18.8 Å². The van der Waals surface area contributed by atoms with Crippen molar-refractivity contribution in [2.45, 2.75) is 46.4 Å². The number of hydrogen-bond donors (Lipinski definition) is 1. The SMILES string of the molecule is Cc1cc(C(=O)OCc2ccccc2)cc(C)c1OC(=O)c1c2ccccc2[n+](CCCCS(=O)(=O)O)c2cc(C=Cc3ccc(OCc4ccccc4)cc3)ccc12. The van der Waals surface area contributed by atoms with Gasteiger partial charge in [0.25, 0.3) is 10.1 Å². The lowest BCUT2D eigenvalue weighted by Crippen LogP contribution is -2.37. The molecule has 0 radical (unpaired) electrons. The van der Waals surface area contributed by atoms with Crippen molar-refractivity contribution in [3.05, 3.63) is 184 Å². The summed E-state index contributed by atoms with van der Waals surface area (Å²) in [5, 5.41) is 1.31. The predicted octanol–water partition coefficient (Wildman–Crippen LogP) is 9.89. The molecule has 0 spiro atoms. The highest BCUT2D eigenvalue weighted by Crippen LogP contribution is 2.31. The van der Waals surface area contributed by atoms with E-state index in [0.717, 1.165) is 39.0 Å². The average Bonchev–Trinajstić information content (AvgIpc) is 3.24. The number of aromatic nitrogens is 1. The van der Waals surface area contributed by atoms with Gasteiger partial charge in [-0.15, -0.1) is 0 Å². The zero-order chi connectivity index (χ0) is 41.4. The first-order chi connectivity index (χ1) is 28.5. The number of carbonyl (C=O) groups excluding carboxylic acids is 2. The molecule has 10 heteroatoms. The summed E-state index contributed by atoms with van der Waals surface area (Å²) < 4.78 is 52.2. The van der Waals surface area contributed by atoms with Gasteiger partial charge in [0.2, 0.25) is 11.0 Å². The van der Waals surface area contributed by atoms with Crippen LogP contribution in [0.2, 0.25) is 0 Å². The first kappa shape index (κ1) is 40.6. The molecule has 0 unspecified atom stereocenters. The largest absolute Gasteiger partial charge is 0.489 e. The zero-order valence-electron chi connectivity index (χ0n) is 32.8. The number of unbranched alkanes of at least 4 members (excludes halogenated alkanes) is 1. The van der Waals surface area contributed by atoms with Crippen LogP contribution in [0.1, 0.15) is 66.9 Å². The quantitative estimate of drug-likeness (QED) is 0.0207. The molecule has 0 atom stereocenters. The van der Waals surface area contributed by atoms with Crippen molar-refractivity contribution < 1.29 is 41.3 Å². The number of rotatable bonds is 15. The molecule has 7 rings (SSSR count). The summed E-state index contributed by atoms with van der Waals surface area (Å²) in [5.74, 6) is -0.271. The topological polar surface area (TPSA) is 120 Å². The number of hydrogen-bond acceptors (Lipinski definition) is 7. The van der Waals surface area contributed by atoms with E-state index in [1.165, 1.54) is 0 Å². The second kappa shape index (κ2) is 18.3. The smallest absolute Gasteiger partial charge is 0.345 e. The van der Waals surface area contributed by atoms with Gasteiger partial charge in [-0.1, -0.05) is 103 Å². The lowest BCUT2D eigenvalue weighted by Gasteiger charge is -2.15. The van der Waals surface area contributed by atoms with E-state index in [9.17, 15) is 22.6 Å². The van der Waals surface area contributed by atoms with Gasteiger partial charge in [0, 0.05) is 18.6 Å². The highest BCUT2D eigenvalue weighted by atomic mass is 32.2. The fourth-order valence-electron chi connectivity index (χ4n) is 7.09. The van der Waals surface area contributed by atoms with Crippen LogP contribution >= 0.6 is 0 Å². The Morgan fingerprint density at radius 2 is 1.24 bits per heavy atom. The minimum Gasteiger partial charge on any atom is -0.489 e. The molecular formula is C49H44NO8S+. The van der Waals surface area contributed by atoms with Crippen LogP contribution in [0.5, 0.6) is 11.5 Å². The summed E-state index contributed by atoms with van der Waals surface area (Å²) in [6, 6.07) is 44.0. The van der Waals surface area contributed by atoms with Crippen LogP contribution in [0.4, 0.5) is 0 Å². The number of ether oxygens (including phenoxy) is 3. The Bertz CT molecular complexity index is 2740. The van der Waals surface area contributed by atoms with E-state index >= 15 is 0 Å². The highest BCUT2D eigenvalue weighted by molar-refractivity contribution is 7.85. The lowest BCUT2D eigenvalue weighted by atomic mass is 9.99. The van der Waals surface area contributed by atoms with Gasteiger partial charge in [-0.25, -0.2) is 9.59 Å². The third-order valence-corrected chi connectivity index (χ3v) is 10.8. The van der Waals surface area contributed by atoms with E-state index in [2.05, 4.69) is 4.57 Å². The van der Waals surface area contributed by atoms with Crippen molar-refractivity contribution in [3.8, 4) is 11.5 Å². The molecule has 1 N–H and O–H groups in total. The lowest BCUT2D eigenvalue weighted by molar-refractivity contribution is -0.645. The van der Waals surface area contributed by atoms with Crippen LogP contribution in [0.15, 0.2) is 140 Å². The zero-order valence-corrected chi connectivity index (χ0v) is 33.7. The second-order valence-corrected chi connectivity index (χ2v) is 16.0. The van der Waals surface area contributed by atoms with E-state index in [1.54, 1.807) is 26.0 Å². The van der Waals surface area contributed by atoms with Gasteiger partial charge in [-0.3, -0.25) is 4.55 Å². The third kappa shape index (κ3) is 10.3. The molecule has 0 aliphatic rings. The normalized spacial score (nSPS) is 11.6. The predicted molar refractivity (Wildman–Crippen MR) is 230 cm³/mol. The van der Waals surface area contributed by atoms with E-state index in [1.807, 2.05) is 140 Å². The summed E-state index contributed by atoms with van der Waals surface area (Å²) in [6.45, 7) is 4.62. The number of pyridine rings is 1. The molecule has 6 aromatic carbocycles. The maximum atomic E-state index is 14.4. The Labute approximate surface area is 343 Å².